The summed E-state index contributed by atoms with van der Waals surface area (Å²) in [5.74, 6) is -1.73. The normalized spacial score (nSPS) is 15.9. The Bertz CT molecular complexity index is 801. The average molecular weight is 384 g/mol. The summed E-state index contributed by atoms with van der Waals surface area (Å²) >= 11 is 0. The lowest BCUT2D eigenvalue weighted by Crippen LogP contribution is -2.39. The number of nitrogens with one attached hydrogen (secondary N) is 1. The smallest absolute Gasteiger partial charge is 0.413 e. The zero-order chi connectivity index (χ0) is 19.3. The van der Waals surface area contributed by atoms with E-state index in [2.05, 4.69) is 4.74 Å². The predicted octanol–water partition coefficient (Wildman–Crippen LogP) is 0.899. The van der Waals surface area contributed by atoms with Crippen molar-refractivity contribution in [3.8, 4) is 0 Å². The molecular formula is C16H20N2O7S. The molecule has 2 rings (SSSR count). The number of ether oxygens (including phenoxy) is 2. The monoisotopic (exact) mass is 384 g/mol. The zero-order valence-electron chi connectivity index (χ0n) is 14.4. The lowest BCUT2D eigenvalue weighted by molar-refractivity contribution is -0.128. The number of nitrogens with zero attached hydrogens (tertiary/aromatic N) is 1. The van der Waals surface area contributed by atoms with Crippen LogP contribution in [0, 0.1) is 0 Å². The van der Waals surface area contributed by atoms with E-state index in [-0.39, 0.29) is 10.5 Å². The van der Waals surface area contributed by atoms with Gasteiger partial charge in [-0.3, -0.25) is 10.1 Å². The first kappa shape index (κ1) is 19.9. The van der Waals surface area contributed by atoms with Gasteiger partial charge in [-0.15, -0.1) is 0 Å². The fourth-order valence-electron chi connectivity index (χ4n) is 2.40. The van der Waals surface area contributed by atoms with Gasteiger partial charge in [0.2, 0.25) is 10.0 Å². The average Bonchev–Trinajstić information content (AvgIpc) is 3.17. The van der Waals surface area contributed by atoms with Crippen LogP contribution in [0.3, 0.4) is 0 Å². The van der Waals surface area contributed by atoms with Crippen LogP contribution in [-0.2, 0) is 24.3 Å². The van der Waals surface area contributed by atoms with Crippen molar-refractivity contribution in [3.05, 3.63) is 29.8 Å². The van der Waals surface area contributed by atoms with Crippen LogP contribution in [0.2, 0.25) is 0 Å². The highest BCUT2D eigenvalue weighted by atomic mass is 32.2. The number of rotatable bonds is 5. The molecule has 10 heteroatoms. The Morgan fingerprint density at radius 3 is 2.46 bits per heavy atom. The maximum Gasteiger partial charge on any atom is 0.413 e. The van der Waals surface area contributed by atoms with Crippen molar-refractivity contribution in [2.24, 2.45) is 0 Å². The second-order valence-corrected chi connectivity index (χ2v) is 7.61. The van der Waals surface area contributed by atoms with Crippen molar-refractivity contribution >= 4 is 28.0 Å². The summed E-state index contributed by atoms with van der Waals surface area (Å²) in [4.78, 5) is 34.9. The summed E-state index contributed by atoms with van der Waals surface area (Å²) in [5, 5.41) is 1.88. The van der Waals surface area contributed by atoms with E-state index < -0.39 is 34.1 Å². The summed E-state index contributed by atoms with van der Waals surface area (Å²) < 4.78 is 35.7. The number of carbonyl (C=O) groups is 3. The maximum atomic E-state index is 12.6. The van der Waals surface area contributed by atoms with Crippen LogP contribution >= 0.6 is 0 Å². The first-order chi connectivity index (χ1) is 12.3. The van der Waals surface area contributed by atoms with Gasteiger partial charge in [0.1, 0.15) is 0 Å². The first-order valence-corrected chi connectivity index (χ1v) is 9.39. The third-order valence-corrected chi connectivity index (χ3v) is 5.73. The summed E-state index contributed by atoms with van der Waals surface area (Å²) in [7, 11) is -2.58. The van der Waals surface area contributed by atoms with Crippen molar-refractivity contribution in [1.29, 1.82) is 0 Å². The number of imide groups is 1. The number of benzene rings is 1. The van der Waals surface area contributed by atoms with Crippen LogP contribution in [0.4, 0.5) is 4.79 Å². The third kappa shape index (κ3) is 4.58. The summed E-state index contributed by atoms with van der Waals surface area (Å²) in [6.45, 7) is 2.17. The van der Waals surface area contributed by atoms with E-state index in [9.17, 15) is 22.8 Å². The molecule has 26 heavy (non-hydrogen) atoms. The van der Waals surface area contributed by atoms with Gasteiger partial charge in [-0.2, -0.15) is 4.31 Å². The van der Waals surface area contributed by atoms with Crippen molar-refractivity contribution < 1.29 is 32.3 Å². The molecule has 1 aromatic carbocycles. The second kappa shape index (κ2) is 8.28. The molecule has 0 radical (unpaired) electrons. The summed E-state index contributed by atoms with van der Waals surface area (Å²) in [6.07, 6.45) is -0.640. The van der Waals surface area contributed by atoms with Crippen molar-refractivity contribution in [2.75, 3.05) is 20.2 Å². The first-order valence-electron chi connectivity index (χ1n) is 7.95. The molecule has 0 spiro atoms. The van der Waals surface area contributed by atoms with E-state index in [0.717, 1.165) is 20.0 Å². The Hall–Kier alpha value is -2.46. The Morgan fingerprint density at radius 1 is 1.19 bits per heavy atom. The van der Waals surface area contributed by atoms with Gasteiger partial charge in [0.25, 0.3) is 5.91 Å². The highest BCUT2D eigenvalue weighted by molar-refractivity contribution is 7.89. The number of carbonyl (C=O) groups excluding carboxylic acids is 3. The van der Waals surface area contributed by atoms with Crippen LogP contribution in [0.1, 0.15) is 30.1 Å². The largest absolute Gasteiger partial charge is 0.453 e. The van der Waals surface area contributed by atoms with Crippen molar-refractivity contribution in [3.63, 3.8) is 0 Å². The fourth-order valence-corrected chi connectivity index (χ4v) is 3.96. The molecule has 1 N–H and O–H groups in total. The molecule has 0 saturated carbocycles. The van der Waals surface area contributed by atoms with Crippen LogP contribution < -0.4 is 5.32 Å². The number of amides is 2. The minimum Gasteiger partial charge on any atom is -0.453 e. The lowest BCUT2D eigenvalue weighted by Gasteiger charge is -2.16. The Balaban J connectivity index is 2.10. The highest BCUT2D eigenvalue weighted by Crippen LogP contribution is 2.22. The number of methoxy groups -OCH3 is 1. The number of esters is 1. The Kier molecular flexibility index (Phi) is 6.32. The fraction of sp³-hybridized carbons (Fsp3) is 0.438. The van der Waals surface area contributed by atoms with Gasteiger partial charge in [0.15, 0.2) is 6.10 Å². The van der Waals surface area contributed by atoms with Gasteiger partial charge in [-0.1, -0.05) is 6.07 Å². The van der Waals surface area contributed by atoms with E-state index in [4.69, 9.17) is 4.74 Å². The minimum atomic E-state index is -3.67. The Labute approximate surface area is 151 Å². The van der Waals surface area contributed by atoms with E-state index in [1.165, 1.54) is 35.5 Å². The highest BCUT2D eigenvalue weighted by Gasteiger charge is 2.28. The van der Waals surface area contributed by atoms with Gasteiger partial charge in [0, 0.05) is 13.1 Å². The van der Waals surface area contributed by atoms with E-state index in [0.29, 0.717) is 13.1 Å². The molecule has 1 heterocycles. The van der Waals surface area contributed by atoms with Crippen molar-refractivity contribution in [1.82, 2.24) is 9.62 Å². The minimum absolute atomic E-state index is 0.0111. The number of sulfonamides is 1. The summed E-state index contributed by atoms with van der Waals surface area (Å²) in [6, 6.07) is 5.42. The molecule has 1 aliphatic rings. The molecule has 0 aliphatic carbocycles. The molecule has 1 fully saturated rings. The molecule has 1 atom stereocenters. The molecular weight excluding hydrogens is 364 g/mol. The SMILES string of the molecule is COC(=O)NC(=O)[C@H](C)OC(=O)c1cccc(S(=O)(=O)N2CCCC2)c1. The summed E-state index contributed by atoms with van der Waals surface area (Å²) in [5.41, 5.74) is -0.0111. The van der Waals surface area contributed by atoms with E-state index in [1.54, 1.807) is 0 Å². The third-order valence-electron chi connectivity index (χ3n) is 3.84. The van der Waals surface area contributed by atoms with Crippen LogP contribution in [0.15, 0.2) is 29.2 Å². The molecule has 1 aromatic rings. The molecule has 142 valence electrons. The predicted molar refractivity (Wildman–Crippen MR) is 89.9 cm³/mol. The molecule has 2 amide bonds. The van der Waals surface area contributed by atoms with Gasteiger partial charge < -0.3 is 9.47 Å². The zero-order valence-corrected chi connectivity index (χ0v) is 15.2. The number of hydrogen-bond donors (Lipinski definition) is 1. The maximum absolute atomic E-state index is 12.6. The molecule has 0 unspecified atom stereocenters. The molecule has 9 nitrogen and oxygen atoms in total. The van der Waals surface area contributed by atoms with Crippen LogP contribution in [0.5, 0.6) is 0 Å². The van der Waals surface area contributed by atoms with Gasteiger partial charge in [0.05, 0.1) is 17.6 Å². The van der Waals surface area contributed by atoms with Gasteiger partial charge >= 0.3 is 12.1 Å². The molecule has 0 bridgehead atoms. The van der Waals surface area contributed by atoms with Crippen molar-refractivity contribution in [2.45, 2.75) is 30.8 Å². The molecule has 0 aromatic heterocycles. The lowest BCUT2D eigenvalue weighted by atomic mass is 10.2. The number of hydrogen-bond acceptors (Lipinski definition) is 7. The van der Waals surface area contributed by atoms with Crippen LogP contribution in [0.25, 0.3) is 0 Å². The van der Waals surface area contributed by atoms with E-state index in [1.807, 2.05) is 5.32 Å². The topological polar surface area (TPSA) is 119 Å². The molecule has 1 aliphatic heterocycles. The molecule has 1 saturated heterocycles. The quantitative estimate of drug-likeness (QED) is 0.749. The van der Waals surface area contributed by atoms with Gasteiger partial charge in [-0.25, -0.2) is 18.0 Å². The van der Waals surface area contributed by atoms with Gasteiger partial charge in [-0.05, 0) is 38.0 Å². The Morgan fingerprint density at radius 2 is 1.85 bits per heavy atom. The van der Waals surface area contributed by atoms with E-state index >= 15 is 0 Å². The van der Waals surface area contributed by atoms with Crippen LogP contribution in [-0.4, -0.2) is 57.0 Å². The standard InChI is InChI=1S/C16H20N2O7S/c1-11(14(19)17-16(21)24-2)25-15(20)12-6-5-7-13(10-12)26(22,23)18-8-3-4-9-18/h5-7,10-11H,3-4,8-9H2,1-2H3,(H,17,19,21)/t11-/m0/s1. The number of alkyl carbamates (subject to hydrolysis) is 1. The second-order valence-electron chi connectivity index (χ2n) is 5.67.